The fraction of sp³-hybridized carbons (Fsp3) is 0.400. The Bertz CT molecular complexity index is 326. The molecule has 0 aromatic heterocycles. The zero-order valence-electron chi connectivity index (χ0n) is 8.50. The van der Waals surface area contributed by atoms with Gasteiger partial charge in [-0.1, -0.05) is 0 Å². The summed E-state index contributed by atoms with van der Waals surface area (Å²) in [7, 11) is 3.20. The van der Waals surface area contributed by atoms with Gasteiger partial charge in [0.2, 0.25) is 0 Å². The molecule has 0 fully saturated rings. The molecule has 0 bridgehead atoms. The van der Waals surface area contributed by atoms with Gasteiger partial charge in [-0.25, -0.2) is 0 Å². The van der Waals surface area contributed by atoms with Crippen molar-refractivity contribution >= 4 is 11.6 Å². The number of hydrogen-bond donors (Lipinski definition) is 1. The predicted octanol–water partition coefficient (Wildman–Crippen LogP) is 2.21. The fourth-order valence-electron chi connectivity index (χ4n) is 1.40. The maximum Gasteiger partial charge on any atom is 0.131 e. The zero-order valence-corrected chi connectivity index (χ0v) is 9.26. The summed E-state index contributed by atoms with van der Waals surface area (Å²) in [6, 6.07) is 3.64. The molecule has 0 aliphatic heterocycles. The van der Waals surface area contributed by atoms with Crippen molar-refractivity contribution in [1.29, 1.82) is 0 Å². The molecular weight excluding hydrogens is 202 g/mol. The van der Waals surface area contributed by atoms with Gasteiger partial charge in [0.15, 0.2) is 0 Å². The van der Waals surface area contributed by atoms with E-state index in [-0.39, 0.29) is 0 Å². The summed E-state index contributed by atoms with van der Waals surface area (Å²) in [6.45, 7) is 1.90. The lowest BCUT2D eigenvalue weighted by Gasteiger charge is -2.15. The van der Waals surface area contributed by atoms with Crippen molar-refractivity contribution in [3.8, 4) is 11.5 Å². The van der Waals surface area contributed by atoms with Gasteiger partial charge in [-0.05, 0) is 19.1 Å². The second kappa shape index (κ2) is 4.53. The van der Waals surface area contributed by atoms with Crippen LogP contribution < -0.4 is 15.2 Å². The SMILES string of the molecule is COc1ccc(C(N)Cl)c(OC)c1C. The van der Waals surface area contributed by atoms with Crippen LogP contribution in [0.5, 0.6) is 11.5 Å². The van der Waals surface area contributed by atoms with E-state index in [9.17, 15) is 0 Å². The molecule has 0 saturated carbocycles. The maximum absolute atomic E-state index is 5.81. The number of ether oxygens (including phenoxy) is 2. The second-order valence-electron chi connectivity index (χ2n) is 2.92. The normalized spacial score (nSPS) is 12.4. The van der Waals surface area contributed by atoms with Crippen LogP contribution in [0.25, 0.3) is 0 Å². The van der Waals surface area contributed by atoms with Gasteiger partial charge in [-0.3, -0.25) is 0 Å². The predicted molar refractivity (Wildman–Crippen MR) is 57.1 cm³/mol. The molecule has 78 valence electrons. The number of rotatable bonds is 3. The number of hydrogen-bond acceptors (Lipinski definition) is 3. The molecule has 1 aromatic carbocycles. The Morgan fingerprint density at radius 2 is 1.93 bits per heavy atom. The molecule has 1 aromatic rings. The Morgan fingerprint density at radius 1 is 1.29 bits per heavy atom. The van der Waals surface area contributed by atoms with Gasteiger partial charge in [-0.15, -0.1) is 11.6 Å². The van der Waals surface area contributed by atoms with Crippen LogP contribution in [0.2, 0.25) is 0 Å². The van der Waals surface area contributed by atoms with Crippen LogP contribution in [0.1, 0.15) is 16.6 Å². The Balaban J connectivity index is 3.28. The lowest BCUT2D eigenvalue weighted by Crippen LogP contribution is -2.06. The van der Waals surface area contributed by atoms with E-state index in [4.69, 9.17) is 26.8 Å². The van der Waals surface area contributed by atoms with Gasteiger partial charge in [-0.2, -0.15) is 0 Å². The van der Waals surface area contributed by atoms with Crippen molar-refractivity contribution in [2.45, 2.75) is 12.4 Å². The number of benzene rings is 1. The summed E-state index contributed by atoms with van der Waals surface area (Å²) in [6.07, 6.45) is 0. The maximum atomic E-state index is 5.81. The van der Waals surface area contributed by atoms with Crippen LogP contribution >= 0.6 is 11.6 Å². The number of halogens is 1. The van der Waals surface area contributed by atoms with E-state index >= 15 is 0 Å². The average molecular weight is 216 g/mol. The third-order valence-corrected chi connectivity index (χ3v) is 2.34. The highest BCUT2D eigenvalue weighted by atomic mass is 35.5. The highest BCUT2D eigenvalue weighted by molar-refractivity contribution is 6.20. The highest BCUT2D eigenvalue weighted by Gasteiger charge is 2.14. The zero-order chi connectivity index (χ0) is 10.7. The highest BCUT2D eigenvalue weighted by Crippen LogP contribution is 2.34. The van der Waals surface area contributed by atoms with Gasteiger partial charge in [0.25, 0.3) is 0 Å². The van der Waals surface area contributed by atoms with Gasteiger partial charge >= 0.3 is 0 Å². The van der Waals surface area contributed by atoms with E-state index in [0.29, 0.717) is 5.75 Å². The number of alkyl halides is 1. The smallest absolute Gasteiger partial charge is 0.131 e. The van der Waals surface area contributed by atoms with E-state index in [0.717, 1.165) is 16.9 Å². The molecule has 2 N–H and O–H groups in total. The summed E-state index contributed by atoms with van der Waals surface area (Å²) >= 11 is 5.81. The molecule has 4 heteroatoms. The molecule has 0 spiro atoms. The van der Waals surface area contributed by atoms with Crippen LogP contribution in [-0.4, -0.2) is 14.2 Å². The van der Waals surface area contributed by atoms with Crippen LogP contribution in [0.15, 0.2) is 12.1 Å². The molecule has 0 aliphatic carbocycles. The van der Waals surface area contributed by atoms with Crippen LogP contribution in [0.4, 0.5) is 0 Å². The van der Waals surface area contributed by atoms with E-state index in [1.807, 2.05) is 19.1 Å². The van der Waals surface area contributed by atoms with E-state index in [2.05, 4.69) is 0 Å². The molecule has 0 amide bonds. The van der Waals surface area contributed by atoms with Gasteiger partial charge < -0.3 is 15.2 Å². The first-order chi connectivity index (χ1) is 6.61. The molecule has 1 unspecified atom stereocenters. The Morgan fingerprint density at radius 3 is 2.36 bits per heavy atom. The van der Waals surface area contributed by atoms with Crippen LogP contribution in [-0.2, 0) is 0 Å². The largest absolute Gasteiger partial charge is 0.496 e. The number of methoxy groups -OCH3 is 2. The lowest BCUT2D eigenvalue weighted by molar-refractivity contribution is 0.385. The first-order valence-electron chi connectivity index (χ1n) is 4.23. The van der Waals surface area contributed by atoms with Crippen molar-refractivity contribution < 1.29 is 9.47 Å². The van der Waals surface area contributed by atoms with Gasteiger partial charge in [0.1, 0.15) is 17.0 Å². The average Bonchev–Trinajstić information content (AvgIpc) is 2.17. The van der Waals surface area contributed by atoms with Crippen LogP contribution in [0.3, 0.4) is 0 Å². The van der Waals surface area contributed by atoms with E-state index in [1.54, 1.807) is 14.2 Å². The van der Waals surface area contributed by atoms with Crippen molar-refractivity contribution in [2.24, 2.45) is 5.73 Å². The lowest BCUT2D eigenvalue weighted by atomic mass is 10.1. The molecular formula is C10H14ClNO2. The van der Waals surface area contributed by atoms with Crippen LogP contribution in [0, 0.1) is 6.92 Å². The summed E-state index contributed by atoms with van der Waals surface area (Å²) in [5.74, 6) is 1.45. The molecule has 0 heterocycles. The molecule has 1 atom stereocenters. The van der Waals surface area contributed by atoms with Gasteiger partial charge in [0, 0.05) is 11.1 Å². The summed E-state index contributed by atoms with van der Waals surface area (Å²) in [5, 5.41) is 0. The number of nitrogens with two attached hydrogens (primary N) is 1. The minimum atomic E-state index is -0.561. The minimum Gasteiger partial charge on any atom is -0.496 e. The second-order valence-corrected chi connectivity index (χ2v) is 3.39. The summed E-state index contributed by atoms with van der Waals surface area (Å²) < 4.78 is 10.4. The first-order valence-corrected chi connectivity index (χ1v) is 4.66. The Hall–Kier alpha value is -0.930. The topological polar surface area (TPSA) is 44.5 Å². The molecule has 0 saturated heterocycles. The van der Waals surface area contributed by atoms with Crippen molar-refractivity contribution in [3.05, 3.63) is 23.3 Å². The molecule has 0 radical (unpaired) electrons. The molecule has 3 nitrogen and oxygen atoms in total. The van der Waals surface area contributed by atoms with Crippen molar-refractivity contribution in [1.82, 2.24) is 0 Å². The third kappa shape index (κ3) is 1.94. The Labute approximate surface area is 88.8 Å². The molecule has 0 aliphatic rings. The summed E-state index contributed by atoms with van der Waals surface area (Å²) in [4.78, 5) is 0. The molecule has 1 rings (SSSR count). The first kappa shape index (κ1) is 11.1. The monoisotopic (exact) mass is 215 g/mol. The standard InChI is InChI=1S/C10H14ClNO2/c1-6-8(13-2)5-4-7(10(11)12)9(6)14-3/h4-5,10H,12H2,1-3H3. The van der Waals surface area contributed by atoms with E-state index in [1.165, 1.54) is 0 Å². The van der Waals surface area contributed by atoms with Crippen molar-refractivity contribution in [2.75, 3.05) is 14.2 Å². The fourth-order valence-corrected chi connectivity index (χ4v) is 1.58. The van der Waals surface area contributed by atoms with E-state index < -0.39 is 5.50 Å². The van der Waals surface area contributed by atoms with Gasteiger partial charge in [0.05, 0.1) is 14.2 Å². The molecule has 14 heavy (non-hydrogen) atoms. The summed E-state index contributed by atoms with van der Waals surface area (Å²) in [5.41, 5.74) is 6.71. The quantitative estimate of drug-likeness (QED) is 0.621. The minimum absolute atomic E-state index is 0.561. The van der Waals surface area contributed by atoms with Crippen molar-refractivity contribution in [3.63, 3.8) is 0 Å². The third-order valence-electron chi connectivity index (χ3n) is 2.11. The Kier molecular flexibility index (Phi) is 3.61.